The van der Waals surface area contributed by atoms with Gasteiger partial charge in [-0.25, -0.2) is 9.78 Å². The Labute approximate surface area is 114 Å². The summed E-state index contributed by atoms with van der Waals surface area (Å²) < 4.78 is 0. The highest BCUT2D eigenvalue weighted by molar-refractivity contribution is 5.96. The van der Waals surface area contributed by atoms with Crippen LogP contribution in [0.15, 0.2) is 36.7 Å². The summed E-state index contributed by atoms with van der Waals surface area (Å²) in [5, 5.41) is 11.4. The lowest BCUT2D eigenvalue weighted by molar-refractivity contribution is 0.0696. The lowest BCUT2D eigenvalue weighted by Gasteiger charge is -2.06. The summed E-state index contributed by atoms with van der Waals surface area (Å²) in [6.45, 7) is 0.0932. The van der Waals surface area contributed by atoms with E-state index in [0.29, 0.717) is 5.69 Å². The van der Waals surface area contributed by atoms with Crippen LogP contribution in [0, 0.1) is 0 Å². The fourth-order valence-electron chi connectivity index (χ4n) is 1.57. The highest BCUT2D eigenvalue weighted by atomic mass is 16.4. The number of aromatic nitrogens is 2. The predicted molar refractivity (Wildman–Crippen MR) is 71.0 cm³/mol. The number of carbonyl (C=O) groups is 2. The van der Waals surface area contributed by atoms with Gasteiger partial charge in [0.2, 0.25) is 0 Å². The molecule has 0 atom stereocenters. The van der Waals surface area contributed by atoms with Crippen molar-refractivity contribution < 1.29 is 14.7 Å². The number of carbonyl (C=O) groups excluding carboxylic acids is 1. The molecule has 7 heteroatoms. The molecule has 1 amide bonds. The number of hydrogen-bond donors (Lipinski definition) is 3. The molecule has 0 aliphatic rings. The molecule has 0 unspecified atom stereocenters. The number of anilines is 1. The van der Waals surface area contributed by atoms with Gasteiger partial charge in [0, 0.05) is 12.4 Å². The second kappa shape index (κ2) is 5.79. The van der Waals surface area contributed by atoms with Gasteiger partial charge < -0.3 is 16.2 Å². The minimum Gasteiger partial charge on any atom is -0.478 e. The van der Waals surface area contributed by atoms with Gasteiger partial charge in [-0.2, -0.15) is 0 Å². The summed E-state index contributed by atoms with van der Waals surface area (Å²) in [4.78, 5) is 30.5. The second-order valence-corrected chi connectivity index (χ2v) is 3.96. The van der Waals surface area contributed by atoms with Gasteiger partial charge in [0.25, 0.3) is 5.91 Å². The van der Waals surface area contributed by atoms with Crippen LogP contribution in [0.25, 0.3) is 0 Å². The largest absolute Gasteiger partial charge is 0.478 e. The lowest BCUT2D eigenvalue weighted by atomic mass is 10.2. The van der Waals surface area contributed by atoms with Crippen molar-refractivity contribution >= 4 is 17.6 Å². The molecular formula is C13H12N4O3. The Balaban J connectivity index is 2.06. The van der Waals surface area contributed by atoms with E-state index in [-0.39, 0.29) is 23.5 Å². The van der Waals surface area contributed by atoms with Crippen LogP contribution in [-0.4, -0.2) is 27.0 Å². The van der Waals surface area contributed by atoms with Crippen LogP contribution in [0.3, 0.4) is 0 Å². The zero-order valence-electron chi connectivity index (χ0n) is 10.4. The van der Waals surface area contributed by atoms with Crippen molar-refractivity contribution in [1.82, 2.24) is 15.3 Å². The van der Waals surface area contributed by atoms with Crippen LogP contribution < -0.4 is 11.1 Å². The number of pyridine rings is 2. The number of carboxylic acids is 1. The summed E-state index contributed by atoms with van der Waals surface area (Å²) >= 11 is 0. The highest BCUT2D eigenvalue weighted by Gasteiger charge is 2.11. The van der Waals surface area contributed by atoms with Gasteiger partial charge in [-0.3, -0.25) is 9.78 Å². The van der Waals surface area contributed by atoms with E-state index in [1.165, 1.54) is 24.5 Å². The summed E-state index contributed by atoms with van der Waals surface area (Å²) in [6.07, 6.45) is 2.84. The van der Waals surface area contributed by atoms with Crippen molar-refractivity contribution in [2.45, 2.75) is 6.54 Å². The first-order valence-electron chi connectivity index (χ1n) is 5.75. The quantitative estimate of drug-likeness (QED) is 0.753. The number of nitrogen functional groups attached to an aromatic ring is 1. The fourth-order valence-corrected chi connectivity index (χ4v) is 1.57. The third-order valence-electron chi connectivity index (χ3n) is 2.55. The third-order valence-corrected chi connectivity index (χ3v) is 2.55. The topological polar surface area (TPSA) is 118 Å². The van der Waals surface area contributed by atoms with Crippen molar-refractivity contribution in [3.8, 4) is 0 Å². The van der Waals surface area contributed by atoms with Crippen molar-refractivity contribution in [2.75, 3.05) is 5.73 Å². The molecule has 0 fully saturated rings. The molecule has 0 saturated heterocycles. The number of hydrogen-bond acceptors (Lipinski definition) is 5. The molecule has 0 aliphatic carbocycles. The Hall–Kier alpha value is -2.96. The Morgan fingerprint density at radius 1 is 1.25 bits per heavy atom. The van der Waals surface area contributed by atoms with Crippen molar-refractivity contribution in [1.29, 1.82) is 0 Å². The number of rotatable bonds is 4. The number of nitrogens with two attached hydrogens (primary N) is 1. The molecule has 0 aromatic carbocycles. The molecule has 102 valence electrons. The first-order chi connectivity index (χ1) is 9.58. The SMILES string of the molecule is Nc1cccnc1C(=O)NCc1cc(C(=O)O)ccn1. The molecule has 2 heterocycles. The van der Waals surface area contributed by atoms with Crippen LogP contribution in [0.5, 0.6) is 0 Å². The van der Waals surface area contributed by atoms with Crippen LogP contribution in [-0.2, 0) is 6.54 Å². The number of amides is 1. The van der Waals surface area contributed by atoms with Crippen molar-refractivity contribution in [2.24, 2.45) is 0 Å². The van der Waals surface area contributed by atoms with E-state index in [1.54, 1.807) is 12.1 Å². The molecule has 0 saturated carbocycles. The smallest absolute Gasteiger partial charge is 0.335 e. The van der Waals surface area contributed by atoms with E-state index >= 15 is 0 Å². The Bertz CT molecular complexity index is 658. The molecule has 0 spiro atoms. The van der Waals surface area contributed by atoms with E-state index in [0.717, 1.165) is 0 Å². The molecule has 4 N–H and O–H groups in total. The third kappa shape index (κ3) is 3.08. The fraction of sp³-hybridized carbons (Fsp3) is 0.0769. The summed E-state index contributed by atoms with van der Waals surface area (Å²) in [5.74, 6) is -1.49. The number of nitrogens with zero attached hydrogens (tertiary/aromatic N) is 2. The predicted octanol–water partition coefficient (Wildman–Crippen LogP) is 0.687. The number of aromatic carboxylic acids is 1. The molecular weight excluding hydrogens is 260 g/mol. The lowest BCUT2D eigenvalue weighted by Crippen LogP contribution is -2.25. The van der Waals surface area contributed by atoms with Crippen molar-refractivity contribution in [3.63, 3.8) is 0 Å². The average molecular weight is 272 g/mol. The van der Waals surface area contributed by atoms with Crippen LogP contribution in [0.1, 0.15) is 26.5 Å². The van der Waals surface area contributed by atoms with Gasteiger partial charge in [0.05, 0.1) is 23.5 Å². The Morgan fingerprint density at radius 3 is 2.75 bits per heavy atom. The Morgan fingerprint density at radius 2 is 2.05 bits per heavy atom. The van der Waals surface area contributed by atoms with E-state index < -0.39 is 11.9 Å². The second-order valence-electron chi connectivity index (χ2n) is 3.96. The molecule has 0 bridgehead atoms. The minimum atomic E-state index is -1.05. The zero-order chi connectivity index (χ0) is 14.5. The number of carboxylic acid groups (broad SMARTS) is 1. The van der Waals surface area contributed by atoms with E-state index in [4.69, 9.17) is 10.8 Å². The Kier molecular flexibility index (Phi) is 3.90. The normalized spacial score (nSPS) is 10.0. The molecule has 2 rings (SSSR count). The van der Waals surface area contributed by atoms with E-state index in [1.807, 2.05) is 0 Å². The van der Waals surface area contributed by atoms with Gasteiger partial charge in [0.15, 0.2) is 5.69 Å². The molecule has 20 heavy (non-hydrogen) atoms. The van der Waals surface area contributed by atoms with Crippen LogP contribution in [0.4, 0.5) is 5.69 Å². The van der Waals surface area contributed by atoms with E-state index in [2.05, 4.69) is 15.3 Å². The maximum Gasteiger partial charge on any atom is 0.335 e. The maximum atomic E-state index is 11.9. The van der Waals surface area contributed by atoms with Crippen LogP contribution in [0.2, 0.25) is 0 Å². The van der Waals surface area contributed by atoms with Gasteiger partial charge in [-0.15, -0.1) is 0 Å². The van der Waals surface area contributed by atoms with Gasteiger partial charge >= 0.3 is 5.97 Å². The molecule has 7 nitrogen and oxygen atoms in total. The monoisotopic (exact) mass is 272 g/mol. The molecule has 2 aromatic heterocycles. The van der Waals surface area contributed by atoms with Crippen molar-refractivity contribution in [3.05, 3.63) is 53.6 Å². The maximum absolute atomic E-state index is 11.9. The summed E-state index contributed by atoms with van der Waals surface area (Å²) in [7, 11) is 0. The minimum absolute atomic E-state index is 0.0932. The van der Waals surface area contributed by atoms with Gasteiger partial charge in [-0.05, 0) is 24.3 Å². The van der Waals surface area contributed by atoms with Gasteiger partial charge in [0.1, 0.15) is 0 Å². The average Bonchev–Trinajstić information content (AvgIpc) is 2.45. The first-order valence-corrected chi connectivity index (χ1v) is 5.75. The standard InChI is InChI=1S/C13H12N4O3/c14-10-2-1-4-16-11(10)12(18)17-7-9-6-8(13(19)20)3-5-15-9/h1-6H,7,14H2,(H,17,18)(H,19,20). The van der Waals surface area contributed by atoms with Crippen LogP contribution >= 0.6 is 0 Å². The molecule has 0 radical (unpaired) electrons. The molecule has 0 aliphatic heterocycles. The zero-order valence-corrected chi connectivity index (χ0v) is 10.4. The summed E-state index contributed by atoms with van der Waals surface area (Å²) in [6, 6.07) is 5.98. The molecule has 2 aromatic rings. The van der Waals surface area contributed by atoms with Gasteiger partial charge in [-0.1, -0.05) is 0 Å². The number of nitrogens with one attached hydrogen (secondary N) is 1. The first kappa shape index (κ1) is 13.5. The highest BCUT2D eigenvalue weighted by Crippen LogP contribution is 2.07. The summed E-state index contributed by atoms with van der Waals surface area (Å²) in [5.41, 5.74) is 6.59. The van der Waals surface area contributed by atoms with E-state index in [9.17, 15) is 9.59 Å².